The zero-order valence-corrected chi connectivity index (χ0v) is 14.4. The van der Waals surface area contributed by atoms with Crippen LogP contribution in [-0.4, -0.2) is 53.2 Å². The van der Waals surface area contributed by atoms with Crippen LogP contribution < -0.4 is 5.32 Å². The van der Waals surface area contributed by atoms with Gasteiger partial charge < -0.3 is 15.2 Å². The molecule has 2 heterocycles. The number of carbonyl (C=O) groups excluding carboxylic acids is 1. The molecule has 1 aliphatic rings. The molecule has 7 heteroatoms. The predicted molar refractivity (Wildman–Crippen MR) is 94.9 cm³/mol. The van der Waals surface area contributed by atoms with Gasteiger partial charge in [-0.15, -0.1) is 0 Å². The number of hydrogen-bond donors (Lipinski definition) is 2. The second kappa shape index (κ2) is 8.55. The van der Waals surface area contributed by atoms with Gasteiger partial charge in [0, 0.05) is 32.4 Å². The van der Waals surface area contributed by atoms with E-state index >= 15 is 0 Å². The number of carbonyl (C=O) groups is 2. The Balaban J connectivity index is 1.50. The molecule has 0 radical (unpaired) electrons. The fourth-order valence-corrected chi connectivity index (χ4v) is 2.71. The number of rotatable bonds is 6. The van der Waals surface area contributed by atoms with E-state index < -0.39 is 5.97 Å². The van der Waals surface area contributed by atoms with Gasteiger partial charge in [0.05, 0.1) is 18.8 Å². The molecule has 2 N–H and O–H groups in total. The van der Waals surface area contributed by atoms with Crippen molar-refractivity contribution in [3.63, 3.8) is 0 Å². The summed E-state index contributed by atoms with van der Waals surface area (Å²) < 4.78 is 5.35. The number of benzene rings is 1. The minimum atomic E-state index is -1.07. The van der Waals surface area contributed by atoms with E-state index in [1.54, 1.807) is 0 Å². The average Bonchev–Trinajstić information content (AvgIpc) is 2.68. The summed E-state index contributed by atoms with van der Waals surface area (Å²) in [5, 5.41) is 11.6. The molecule has 0 atom stereocenters. The van der Waals surface area contributed by atoms with E-state index in [4.69, 9.17) is 9.84 Å². The molecule has 1 aromatic carbocycles. The highest BCUT2D eigenvalue weighted by Gasteiger charge is 2.11. The molecule has 26 heavy (non-hydrogen) atoms. The van der Waals surface area contributed by atoms with Gasteiger partial charge in [-0.2, -0.15) is 0 Å². The highest BCUT2D eigenvalue weighted by Crippen LogP contribution is 2.09. The molecule has 7 nitrogen and oxygen atoms in total. The molecule has 0 spiro atoms. The van der Waals surface area contributed by atoms with Gasteiger partial charge in [0.25, 0.3) is 5.91 Å². The summed E-state index contributed by atoms with van der Waals surface area (Å²) in [6, 6.07) is 10.9. The van der Waals surface area contributed by atoms with Crippen molar-refractivity contribution in [1.29, 1.82) is 0 Å². The average molecular weight is 355 g/mol. The number of ether oxygens (including phenoxy) is 1. The number of carboxylic acid groups (broad SMARTS) is 1. The fourth-order valence-electron chi connectivity index (χ4n) is 2.71. The Hall–Kier alpha value is -2.77. The van der Waals surface area contributed by atoms with E-state index in [0.29, 0.717) is 6.54 Å². The maximum Gasteiger partial charge on any atom is 0.337 e. The Morgan fingerprint density at radius 2 is 1.77 bits per heavy atom. The molecule has 1 aliphatic heterocycles. The number of nitrogens with one attached hydrogen (secondary N) is 1. The third kappa shape index (κ3) is 4.87. The molecule has 0 bridgehead atoms. The number of amides is 1. The normalized spacial score (nSPS) is 14.8. The lowest BCUT2D eigenvalue weighted by molar-refractivity contribution is 0.0342. The van der Waals surface area contributed by atoms with Crippen LogP contribution in [0.25, 0.3) is 0 Å². The lowest BCUT2D eigenvalue weighted by Crippen LogP contribution is -2.35. The van der Waals surface area contributed by atoms with Crippen molar-refractivity contribution in [3.8, 4) is 0 Å². The topological polar surface area (TPSA) is 91.8 Å². The molecule has 2 aromatic rings. The number of nitrogens with zero attached hydrogens (tertiary/aromatic N) is 2. The molecule has 0 unspecified atom stereocenters. The van der Waals surface area contributed by atoms with E-state index in [-0.39, 0.29) is 17.2 Å². The minimum Gasteiger partial charge on any atom is -0.478 e. The zero-order chi connectivity index (χ0) is 18.4. The van der Waals surface area contributed by atoms with Gasteiger partial charge in [-0.05, 0) is 23.3 Å². The van der Waals surface area contributed by atoms with Crippen molar-refractivity contribution in [2.24, 2.45) is 0 Å². The van der Waals surface area contributed by atoms with Crippen LogP contribution in [0.2, 0.25) is 0 Å². The number of aromatic carboxylic acids is 1. The largest absolute Gasteiger partial charge is 0.478 e. The smallest absolute Gasteiger partial charge is 0.337 e. The second-order valence-corrected chi connectivity index (χ2v) is 6.12. The van der Waals surface area contributed by atoms with Crippen molar-refractivity contribution in [2.75, 3.05) is 26.3 Å². The van der Waals surface area contributed by atoms with Gasteiger partial charge in [0.2, 0.25) is 0 Å². The summed E-state index contributed by atoms with van der Waals surface area (Å²) in [7, 11) is 0. The second-order valence-electron chi connectivity index (χ2n) is 6.12. The minimum absolute atomic E-state index is 0.0532. The number of carboxylic acids is 1. The van der Waals surface area contributed by atoms with Crippen LogP contribution in [0.1, 0.15) is 32.0 Å². The van der Waals surface area contributed by atoms with Crippen LogP contribution in [0.4, 0.5) is 0 Å². The summed E-state index contributed by atoms with van der Waals surface area (Å²) in [5.74, 6) is -1.40. The number of pyridine rings is 1. The first-order valence-electron chi connectivity index (χ1n) is 8.47. The summed E-state index contributed by atoms with van der Waals surface area (Å²) in [6.45, 7) is 4.75. The molecule has 1 aromatic heterocycles. The predicted octanol–water partition coefficient (Wildman–Crippen LogP) is 1.54. The Labute approximate surface area is 151 Å². The fraction of sp³-hybridized carbons (Fsp3) is 0.316. The van der Waals surface area contributed by atoms with Crippen LogP contribution in [0.15, 0.2) is 42.6 Å². The molecular formula is C19H21N3O4. The van der Waals surface area contributed by atoms with Gasteiger partial charge in [0.15, 0.2) is 0 Å². The number of morpholine rings is 1. The molecule has 0 saturated carbocycles. The van der Waals surface area contributed by atoms with E-state index in [2.05, 4.69) is 27.3 Å². The van der Waals surface area contributed by atoms with Crippen molar-refractivity contribution in [2.45, 2.75) is 13.1 Å². The maximum absolute atomic E-state index is 12.1. The summed E-state index contributed by atoms with van der Waals surface area (Å²) in [5.41, 5.74) is 2.47. The van der Waals surface area contributed by atoms with Crippen molar-refractivity contribution in [3.05, 3.63) is 65.0 Å². The Morgan fingerprint density at radius 1 is 1.08 bits per heavy atom. The molecule has 136 valence electrons. The van der Waals surface area contributed by atoms with E-state index in [9.17, 15) is 9.59 Å². The number of aromatic nitrogens is 1. The van der Waals surface area contributed by atoms with Gasteiger partial charge in [0.1, 0.15) is 5.69 Å². The van der Waals surface area contributed by atoms with E-state index in [1.165, 1.54) is 23.9 Å². The maximum atomic E-state index is 12.1. The van der Waals surface area contributed by atoms with Crippen molar-refractivity contribution >= 4 is 11.9 Å². The lowest BCUT2D eigenvalue weighted by Gasteiger charge is -2.26. The third-order valence-corrected chi connectivity index (χ3v) is 4.23. The van der Waals surface area contributed by atoms with Gasteiger partial charge in [-0.25, -0.2) is 4.79 Å². The van der Waals surface area contributed by atoms with Crippen LogP contribution in [0.3, 0.4) is 0 Å². The number of hydrogen-bond acceptors (Lipinski definition) is 5. The highest BCUT2D eigenvalue weighted by molar-refractivity contribution is 5.93. The summed E-state index contributed by atoms with van der Waals surface area (Å²) in [6.07, 6.45) is 1.18. The lowest BCUT2D eigenvalue weighted by atomic mass is 10.1. The monoisotopic (exact) mass is 355 g/mol. The van der Waals surface area contributed by atoms with Crippen LogP contribution in [0.5, 0.6) is 0 Å². The molecule has 1 fully saturated rings. The first-order chi connectivity index (χ1) is 12.6. The Morgan fingerprint density at radius 3 is 2.38 bits per heavy atom. The zero-order valence-electron chi connectivity index (χ0n) is 14.4. The first kappa shape index (κ1) is 18.0. The highest BCUT2D eigenvalue weighted by atomic mass is 16.5. The van der Waals surface area contributed by atoms with Crippen molar-refractivity contribution < 1.29 is 19.4 Å². The Bertz CT molecular complexity index is 753. The van der Waals surface area contributed by atoms with Crippen LogP contribution >= 0.6 is 0 Å². The molecule has 1 amide bonds. The van der Waals surface area contributed by atoms with Gasteiger partial charge in [-0.1, -0.05) is 24.3 Å². The quantitative estimate of drug-likeness (QED) is 0.817. The third-order valence-electron chi connectivity index (χ3n) is 4.23. The standard InChI is InChI=1S/C19H21N3O4/c23-18(17-6-5-16(12-20-17)19(24)25)21-11-14-1-3-15(4-2-14)13-22-7-9-26-10-8-22/h1-6,12H,7-11,13H2,(H,21,23)(H,24,25). The molecular weight excluding hydrogens is 334 g/mol. The molecule has 1 saturated heterocycles. The summed E-state index contributed by atoms with van der Waals surface area (Å²) >= 11 is 0. The van der Waals surface area contributed by atoms with Crippen LogP contribution in [0, 0.1) is 0 Å². The SMILES string of the molecule is O=C(O)c1ccc(C(=O)NCc2ccc(CN3CCOCC3)cc2)nc1. The van der Waals surface area contributed by atoms with Crippen molar-refractivity contribution in [1.82, 2.24) is 15.2 Å². The summed E-state index contributed by atoms with van der Waals surface area (Å²) in [4.78, 5) is 29.1. The van der Waals surface area contributed by atoms with Gasteiger partial charge in [-0.3, -0.25) is 14.7 Å². The van der Waals surface area contributed by atoms with E-state index in [1.807, 2.05) is 12.1 Å². The van der Waals surface area contributed by atoms with Gasteiger partial charge >= 0.3 is 5.97 Å². The molecule has 0 aliphatic carbocycles. The van der Waals surface area contributed by atoms with Crippen LogP contribution in [-0.2, 0) is 17.8 Å². The first-order valence-corrected chi connectivity index (χ1v) is 8.47. The van der Waals surface area contributed by atoms with E-state index in [0.717, 1.165) is 38.4 Å². The Kier molecular flexibility index (Phi) is 5.93. The molecule has 3 rings (SSSR count).